The number of carbonyl (C=O) groups is 1. The molecule has 0 aliphatic carbocycles. The molecule has 1 N–H and O–H groups in total. The molecule has 0 aromatic heterocycles. The standard InChI is InChI=1S/C9H18O2.CH3.BrH.Mg/c1-2-3-4-5-6-7-8-9(10)11;;;/h2-8H2,1H3,(H,10,11);1H3;1H;/q;;;+1. The zero-order valence-corrected chi connectivity index (χ0v) is 12.5. The van der Waals surface area contributed by atoms with E-state index in [4.69, 9.17) is 5.11 Å². The van der Waals surface area contributed by atoms with Crippen LogP contribution in [0.2, 0.25) is 5.05 Å². The van der Waals surface area contributed by atoms with Gasteiger partial charge in [0.25, 0.3) is 0 Å². The third-order valence-corrected chi connectivity index (χ3v) is 1.74. The van der Waals surface area contributed by atoms with E-state index in [0.717, 1.165) is 12.8 Å². The van der Waals surface area contributed by atoms with Gasteiger partial charge in [0.15, 0.2) is 0 Å². The molecule has 0 aromatic carbocycles. The molecule has 0 saturated carbocycles. The first kappa shape index (κ1) is 20.2. The van der Waals surface area contributed by atoms with Crippen LogP contribution in [0.25, 0.3) is 0 Å². The molecule has 2 nitrogen and oxygen atoms in total. The fourth-order valence-electron chi connectivity index (χ4n) is 1.06. The van der Waals surface area contributed by atoms with Crippen LogP contribution in [0.4, 0.5) is 0 Å². The zero-order chi connectivity index (χ0) is 10.5. The van der Waals surface area contributed by atoms with Crippen molar-refractivity contribution in [2.75, 3.05) is 0 Å². The molecule has 0 rings (SSSR count). The molecule has 0 atom stereocenters. The van der Waals surface area contributed by atoms with Gasteiger partial charge < -0.3 is 5.11 Å². The Balaban J connectivity index is -0.000000376. The molecule has 82 valence electrons. The van der Waals surface area contributed by atoms with Crippen LogP contribution in [0.5, 0.6) is 0 Å². The number of hydrogen-bond donors (Lipinski definition) is 1. The predicted molar refractivity (Wildman–Crippen MR) is 67.6 cm³/mol. The van der Waals surface area contributed by atoms with Gasteiger partial charge in [-0.25, -0.2) is 0 Å². The Hall–Kier alpha value is 0.716. The summed E-state index contributed by atoms with van der Waals surface area (Å²) >= 11 is 1.86. The van der Waals surface area contributed by atoms with E-state index in [0.29, 0.717) is 6.42 Å². The number of unbranched alkanes of at least 4 members (excludes halogenated alkanes) is 5. The molecule has 0 aliphatic rings. The zero-order valence-electron chi connectivity index (χ0n) is 9.42. The van der Waals surface area contributed by atoms with E-state index in [1.54, 1.807) is 0 Å². The fraction of sp³-hybridized carbons (Fsp3) is 0.900. The van der Waals surface area contributed by atoms with E-state index in [-0.39, 0.29) is 17.0 Å². The quantitative estimate of drug-likeness (QED) is 0.570. The number of hydrogen-bond acceptors (Lipinski definition) is 1. The van der Waals surface area contributed by atoms with E-state index in [9.17, 15) is 4.79 Å². The Morgan fingerprint density at radius 1 is 1.07 bits per heavy atom. The number of carboxylic acid groups (broad SMARTS) is 1. The van der Waals surface area contributed by atoms with Crippen LogP contribution >= 0.6 is 17.0 Å². The minimum atomic E-state index is -0.666. The number of halogens is 1. The van der Waals surface area contributed by atoms with Crippen LogP contribution in [0, 0.1) is 0 Å². The molecule has 4 heteroatoms. The van der Waals surface area contributed by atoms with Gasteiger partial charge in [-0.2, -0.15) is 0 Å². The second-order valence-corrected chi connectivity index (χ2v) is 2.91. The Bertz CT molecular complexity index is 110. The molecule has 0 aromatic rings. The first-order valence-electron chi connectivity index (χ1n) is 5.20. The topological polar surface area (TPSA) is 37.3 Å². The SMILES string of the molecule is Br.CCCCCCCCC(=O)O.[CH3][Mg+]. The number of carboxylic acids is 1. The Labute approximate surface area is 111 Å². The fourth-order valence-corrected chi connectivity index (χ4v) is 1.06. The third kappa shape index (κ3) is 23.0. The van der Waals surface area contributed by atoms with Crippen molar-refractivity contribution in [1.29, 1.82) is 0 Å². The van der Waals surface area contributed by atoms with Crippen molar-refractivity contribution in [2.45, 2.75) is 56.9 Å². The molecule has 0 bridgehead atoms. The van der Waals surface area contributed by atoms with Crippen LogP contribution in [0.1, 0.15) is 51.9 Å². The van der Waals surface area contributed by atoms with Crippen molar-refractivity contribution >= 4 is 44.7 Å². The summed E-state index contributed by atoms with van der Waals surface area (Å²) in [5, 5.41) is 10.3. The summed E-state index contributed by atoms with van der Waals surface area (Å²) in [4.78, 5) is 10.1. The maximum atomic E-state index is 10.1. The molecule has 0 fully saturated rings. The summed E-state index contributed by atoms with van der Waals surface area (Å²) in [6, 6.07) is 0. The Kier molecular flexibility index (Phi) is 27.8. The van der Waals surface area contributed by atoms with Crippen molar-refractivity contribution in [2.24, 2.45) is 0 Å². The Morgan fingerprint density at radius 3 is 1.93 bits per heavy atom. The minimum absolute atomic E-state index is 0. The van der Waals surface area contributed by atoms with Gasteiger partial charge in [0.1, 0.15) is 0 Å². The monoisotopic (exact) mass is 277 g/mol. The van der Waals surface area contributed by atoms with E-state index in [2.05, 4.69) is 6.92 Å². The molecule has 0 amide bonds. The van der Waals surface area contributed by atoms with Gasteiger partial charge in [-0.05, 0) is 6.42 Å². The second kappa shape index (κ2) is 19.3. The normalized spacial score (nSPS) is 8.29. The van der Waals surface area contributed by atoms with Crippen molar-refractivity contribution in [3.63, 3.8) is 0 Å². The van der Waals surface area contributed by atoms with Gasteiger partial charge in [-0.15, -0.1) is 17.0 Å². The average molecular weight is 278 g/mol. The van der Waals surface area contributed by atoms with Crippen molar-refractivity contribution < 1.29 is 9.90 Å². The molecule has 0 unspecified atom stereocenters. The summed E-state index contributed by atoms with van der Waals surface area (Å²) in [6.07, 6.45) is 7.25. The second-order valence-electron chi connectivity index (χ2n) is 2.91. The number of aliphatic carboxylic acids is 1. The predicted octanol–water partition coefficient (Wildman–Crippen LogP) is 3.60. The van der Waals surface area contributed by atoms with Crippen LogP contribution in [-0.4, -0.2) is 32.8 Å². The summed E-state index contributed by atoms with van der Waals surface area (Å²) < 4.78 is 0. The van der Waals surface area contributed by atoms with E-state index < -0.39 is 5.97 Å². The molecule has 14 heavy (non-hydrogen) atoms. The van der Waals surface area contributed by atoms with Gasteiger partial charge in [-0.1, -0.05) is 39.0 Å². The molecule has 0 spiro atoms. The first-order valence-corrected chi connectivity index (χ1v) is 6.61. The van der Waals surface area contributed by atoms with Gasteiger partial charge in [0.05, 0.1) is 0 Å². The molecule has 0 aliphatic heterocycles. The van der Waals surface area contributed by atoms with E-state index in [1.807, 2.05) is 26.8 Å². The average Bonchev–Trinajstić information content (AvgIpc) is 2.14. The Morgan fingerprint density at radius 2 is 1.50 bits per heavy atom. The number of rotatable bonds is 7. The molecular formula is C10H22BrMgO2+. The molecule has 0 saturated heterocycles. The molecular weight excluding hydrogens is 256 g/mol. The van der Waals surface area contributed by atoms with Crippen LogP contribution in [0.15, 0.2) is 0 Å². The van der Waals surface area contributed by atoms with E-state index in [1.165, 1.54) is 25.7 Å². The van der Waals surface area contributed by atoms with E-state index >= 15 is 0 Å². The summed E-state index contributed by atoms with van der Waals surface area (Å²) in [7, 11) is 0. The summed E-state index contributed by atoms with van der Waals surface area (Å²) in [5.74, 6) is -0.666. The van der Waals surface area contributed by atoms with Crippen LogP contribution in [0.3, 0.4) is 0 Å². The third-order valence-electron chi connectivity index (χ3n) is 1.74. The van der Waals surface area contributed by atoms with Crippen LogP contribution < -0.4 is 0 Å². The molecule has 0 heterocycles. The van der Waals surface area contributed by atoms with Crippen LogP contribution in [-0.2, 0) is 4.79 Å². The van der Waals surface area contributed by atoms with Gasteiger partial charge in [-0.3, -0.25) is 4.79 Å². The van der Waals surface area contributed by atoms with Crippen molar-refractivity contribution in [3.05, 3.63) is 0 Å². The first-order chi connectivity index (χ1) is 6.27. The van der Waals surface area contributed by atoms with Crippen molar-refractivity contribution in [1.82, 2.24) is 0 Å². The van der Waals surface area contributed by atoms with Crippen molar-refractivity contribution in [3.8, 4) is 0 Å². The van der Waals surface area contributed by atoms with Gasteiger partial charge in [0, 0.05) is 6.42 Å². The van der Waals surface area contributed by atoms with Gasteiger partial charge >= 0.3 is 32.7 Å². The molecule has 0 radical (unpaired) electrons. The van der Waals surface area contributed by atoms with Gasteiger partial charge in [0.2, 0.25) is 0 Å². The summed E-state index contributed by atoms with van der Waals surface area (Å²) in [6.45, 7) is 2.18. The summed E-state index contributed by atoms with van der Waals surface area (Å²) in [5.41, 5.74) is 0. The maximum absolute atomic E-state index is 10.1.